The first-order valence-electron chi connectivity index (χ1n) is 9.82. The maximum absolute atomic E-state index is 12.6. The number of hydrogen-bond donors (Lipinski definition) is 2. The van der Waals surface area contributed by atoms with Gasteiger partial charge in [-0.2, -0.15) is 5.10 Å². The predicted octanol–water partition coefficient (Wildman–Crippen LogP) is 1.77. The number of piperazine rings is 1. The Balaban J connectivity index is 0.00000256. The number of aryl methyl sites for hydroxylation is 2. The number of hydrogen-bond acceptors (Lipinski definition) is 4. The number of aromatic nitrogens is 4. The van der Waals surface area contributed by atoms with Gasteiger partial charge in [-0.05, 0) is 18.6 Å². The minimum atomic E-state index is 0. The number of benzene rings is 1. The lowest BCUT2D eigenvalue weighted by Crippen LogP contribution is -2.55. The van der Waals surface area contributed by atoms with Gasteiger partial charge in [-0.15, -0.1) is 24.0 Å². The van der Waals surface area contributed by atoms with Gasteiger partial charge < -0.3 is 20.1 Å². The average Bonchev–Trinajstić information content (AvgIpc) is 3.33. The molecule has 2 aromatic heterocycles. The Morgan fingerprint density at radius 3 is 2.83 bits per heavy atom. The van der Waals surface area contributed by atoms with Crippen molar-refractivity contribution in [3.05, 3.63) is 42.5 Å². The quantitative estimate of drug-likeness (QED) is 0.231. The molecule has 9 nitrogen and oxygen atoms in total. The van der Waals surface area contributed by atoms with Gasteiger partial charge in [0.1, 0.15) is 12.4 Å². The molecule has 0 bridgehead atoms. The Bertz CT molecular complexity index is 994. The SMILES string of the molecule is CN=C(NCCCc1nc2ccccc2[nH]1)N1CCN(c2cnn(C)c2)C(=O)C1.I. The lowest BCUT2D eigenvalue weighted by atomic mass is 10.3. The summed E-state index contributed by atoms with van der Waals surface area (Å²) < 4.78 is 1.71. The Labute approximate surface area is 192 Å². The number of anilines is 1. The van der Waals surface area contributed by atoms with Crippen molar-refractivity contribution in [2.75, 3.05) is 38.1 Å². The highest BCUT2D eigenvalue weighted by atomic mass is 127. The molecule has 0 spiro atoms. The Kier molecular flexibility index (Phi) is 7.29. The molecule has 0 unspecified atom stereocenters. The maximum atomic E-state index is 12.6. The lowest BCUT2D eigenvalue weighted by Gasteiger charge is -2.35. The van der Waals surface area contributed by atoms with Crippen molar-refractivity contribution in [1.29, 1.82) is 0 Å². The number of fused-ring (bicyclic) bond motifs is 1. The summed E-state index contributed by atoms with van der Waals surface area (Å²) in [7, 11) is 3.60. The molecule has 0 atom stereocenters. The van der Waals surface area contributed by atoms with Crippen molar-refractivity contribution in [2.24, 2.45) is 12.0 Å². The molecule has 0 radical (unpaired) electrons. The van der Waals surface area contributed by atoms with Crippen LogP contribution in [0, 0.1) is 0 Å². The number of guanidine groups is 1. The number of imidazole rings is 1. The summed E-state index contributed by atoms with van der Waals surface area (Å²) in [5, 5.41) is 7.52. The number of para-hydroxylation sites is 2. The molecule has 4 rings (SSSR count). The number of nitrogens with zero attached hydrogens (tertiary/aromatic N) is 6. The Morgan fingerprint density at radius 2 is 2.13 bits per heavy atom. The third kappa shape index (κ3) is 4.91. The van der Waals surface area contributed by atoms with Crippen molar-refractivity contribution in [1.82, 2.24) is 30.0 Å². The highest BCUT2D eigenvalue weighted by Crippen LogP contribution is 2.16. The fourth-order valence-electron chi connectivity index (χ4n) is 3.59. The zero-order valence-electron chi connectivity index (χ0n) is 17.2. The second kappa shape index (κ2) is 9.92. The molecule has 3 aromatic rings. The van der Waals surface area contributed by atoms with Crippen LogP contribution in [-0.2, 0) is 18.3 Å². The summed E-state index contributed by atoms with van der Waals surface area (Å²) in [5.41, 5.74) is 2.90. The number of halogens is 1. The largest absolute Gasteiger partial charge is 0.356 e. The van der Waals surface area contributed by atoms with Gasteiger partial charge in [0.15, 0.2) is 5.96 Å². The highest BCUT2D eigenvalue weighted by molar-refractivity contribution is 14.0. The molecule has 1 aliphatic heterocycles. The van der Waals surface area contributed by atoms with Crippen molar-refractivity contribution in [3.63, 3.8) is 0 Å². The topological polar surface area (TPSA) is 94.4 Å². The molecule has 30 heavy (non-hydrogen) atoms. The van der Waals surface area contributed by atoms with Crippen molar-refractivity contribution < 1.29 is 4.79 Å². The molecular formula is C20H27IN8O. The Morgan fingerprint density at radius 1 is 1.30 bits per heavy atom. The van der Waals surface area contributed by atoms with Gasteiger partial charge in [0.25, 0.3) is 0 Å². The fourth-order valence-corrected chi connectivity index (χ4v) is 3.59. The molecule has 1 aliphatic rings. The zero-order valence-corrected chi connectivity index (χ0v) is 19.5. The van der Waals surface area contributed by atoms with E-state index in [1.807, 2.05) is 42.4 Å². The lowest BCUT2D eigenvalue weighted by molar-refractivity contribution is -0.120. The van der Waals surface area contributed by atoms with Gasteiger partial charge in [0.2, 0.25) is 5.91 Å². The average molecular weight is 522 g/mol. The molecule has 3 heterocycles. The van der Waals surface area contributed by atoms with Gasteiger partial charge in [-0.3, -0.25) is 14.5 Å². The van der Waals surface area contributed by atoms with Crippen LogP contribution in [0.25, 0.3) is 11.0 Å². The predicted molar refractivity (Wildman–Crippen MR) is 128 cm³/mol. The minimum Gasteiger partial charge on any atom is -0.356 e. The standard InChI is InChI=1S/C20H26N8O.HI/c1-21-20(22-9-5-8-18-24-16-6-3-4-7-17(16)25-18)27-10-11-28(19(29)14-27)15-12-23-26(2)13-15;/h3-4,6-7,12-13H,5,8-11,14H2,1-2H3,(H,21,22)(H,24,25);1H. The second-order valence-corrected chi connectivity index (χ2v) is 7.12. The summed E-state index contributed by atoms with van der Waals surface area (Å²) in [6.07, 6.45) is 5.35. The van der Waals surface area contributed by atoms with E-state index >= 15 is 0 Å². The van der Waals surface area contributed by atoms with Crippen molar-refractivity contribution >= 4 is 52.6 Å². The van der Waals surface area contributed by atoms with Gasteiger partial charge >= 0.3 is 0 Å². The molecule has 160 valence electrons. The van der Waals surface area contributed by atoms with Crippen molar-refractivity contribution in [3.8, 4) is 0 Å². The fraction of sp³-hybridized carbons (Fsp3) is 0.400. The van der Waals surface area contributed by atoms with Crippen LogP contribution < -0.4 is 10.2 Å². The number of nitrogens with one attached hydrogen (secondary N) is 2. The van der Waals surface area contributed by atoms with E-state index in [1.54, 1.807) is 22.8 Å². The number of carbonyl (C=O) groups is 1. The van der Waals surface area contributed by atoms with E-state index in [4.69, 9.17) is 0 Å². The monoisotopic (exact) mass is 522 g/mol. The molecule has 2 N–H and O–H groups in total. The third-order valence-electron chi connectivity index (χ3n) is 5.05. The second-order valence-electron chi connectivity index (χ2n) is 7.12. The smallest absolute Gasteiger partial charge is 0.246 e. The van der Waals surface area contributed by atoms with E-state index in [0.29, 0.717) is 13.1 Å². The number of H-pyrrole nitrogens is 1. The summed E-state index contributed by atoms with van der Waals surface area (Å²) in [4.78, 5) is 28.7. The summed E-state index contributed by atoms with van der Waals surface area (Å²) in [6, 6.07) is 8.05. The van der Waals surface area contributed by atoms with Crippen LogP contribution in [0.15, 0.2) is 41.7 Å². The van der Waals surface area contributed by atoms with Crippen LogP contribution in [0.5, 0.6) is 0 Å². The number of rotatable bonds is 5. The normalized spacial score (nSPS) is 14.9. The van der Waals surface area contributed by atoms with Crippen LogP contribution in [0.1, 0.15) is 12.2 Å². The zero-order chi connectivity index (χ0) is 20.2. The molecule has 0 aliphatic carbocycles. The molecule has 1 amide bonds. The summed E-state index contributed by atoms with van der Waals surface area (Å²) in [6.45, 7) is 2.41. The van der Waals surface area contributed by atoms with Gasteiger partial charge in [-0.25, -0.2) is 4.98 Å². The summed E-state index contributed by atoms with van der Waals surface area (Å²) in [5.74, 6) is 1.80. The third-order valence-corrected chi connectivity index (χ3v) is 5.05. The van der Waals surface area contributed by atoms with Crippen molar-refractivity contribution in [2.45, 2.75) is 12.8 Å². The minimum absolute atomic E-state index is 0. The number of amides is 1. The number of carbonyl (C=O) groups excluding carboxylic acids is 1. The summed E-state index contributed by atoms with van der Waals surface area (Å²) >= 11 is 0. The number of aliphatic imine (C=N–C) groups is 1. The first-order chi connectivity index (χ1) is 14.1. The first kappa shape index (κ1) is 22.1. The molecule has 1 fully saturated rings. The molecular weight excluding hydrogens is 495 g/mol. The molecule has 10 heteroatoms. The van der Waals surface area contributed by atoms with E-state index in [-0.39, 0.29) is 29.9 Å². The van der Waals surface area contributed by atoms with Gasteiger partial charge in [0, 0.05) is 46.3 Å². The molecule has 0 saturated carbocycles. The van der Waals surface area contributed by atoms with Crippen LogP contribution in [-0.4, -0.2) is 69.7 Å². The first-order valence-corrected chi connectivity index (χ1v) is 9.82. The Hall–Kier alpha value is -2.63. The van der Waals surface area contributed by atoms with E-state index in [9.17, 15) is 4.79 Å². The van der Waals surface area contributed by atoms with Crippen LogP contribution >= 0.6 is 24.0 Å². The van der Waals surface area contributed by atoms with Crippen LogP contribution in [0.3, 0.4) is 0 Å². The number of aromatic amines is 1. The van der Waals surface area contributed by atoms with Crippen LogP contribution in [0.2, 0.25) is 0 Å². The van der Waals surface area contributed by atoms with Gasteiger partial charge in [0.05, 0.1) is 22.9 Å². The van der Waals surface area contributed by atoms with E-state index in [2.05, 4.69) is 25.4 Å². The van der Waals surface area contributed by atoms with E-state index in [0.717, 1.165) is 54.4 Å². The molecule has 1 aromatic carbocycles. The van der Waals surface area contributed by atoms with Gasteiger partial charge in [-0.1, -0.05) is 12.1 Å². The molecule has 1 saturated heterocycles. The van der Waals surface area contributed by atoms with E-state index < -0.39 is 0 Å². The van der Waals surface area contributed by atoms with Crippen LogP contribution in [0.4, 0.5) is 5.69 Å². The highest BCUT2D eigenvalue weighted by Gasteiger charge is 2.27. The van der Waals surface area contributed by atoms with E-state index in [1.165, 1.54) is 0 Å². The maximum Gasteiger partial charge on any atom is 0.246 e.